The van der Waals surface area contributed by atoms with E-state index in [1.54, 1.807) is 7.11 Å². The molecule has 0 radical (unpaired) electrons. The number of ether oxygens (including phenoxy) is 1. The van der Waals surface area contributed by atoms with Crippen LogP contribution in [0, 0.1) is 5.92 Å². The Morgan fingerprint density at radius 3 is 2.60 bits per heavy atom. The van der Waals surface area contributed by atoms with Gasteiger partial charge in [-0.05, 0) is 56.1 Å². The van der Waals surface area contributed by atoms with E-state index in [0.717, 1.165) is 24.8 Å². The zero-order chi connectivity index (χ0) is 13.5. The molecule has 3 nitrogen and oxygen atoms in total. The first-order chi connectivity index (χ1) is 9.31. The lowest BCUT2D eigenvalue weighted by molar-refractivity contribution is 0.209. The molecule has 0 saturated carbocycles. The van der Waals surface area contributed by atoms with E-state index in [2.05, 4.69) is 29.3 Å². The average molecular weight is 299 g/mol. The van der Waals surface area contributed by atoms with Crippen molar-refractivity contribution in [1.29, 1.82) is 0 Å². The topological polar surface area (TPSA) is 24.5 Å². The highest BCUT2D eigenvalue weighted by molar-refractivity contribution is 5.85. The first-order valence-electron chi connectivity index (χ1n) is 7.37. The van der Waals surface area contributed by atoms with Gasteiger partial charge < -0.3 is 10.1 Å². The fourth-order valence-electron chi connectivity index (χ4n) is 2.74. The molecule has 0 amide bonds. The van der Waals surface area contributed by atoms with Crippen molar-refractivity contribution in [1.82, 2.24) is 10.2 Å². The van der Waals surface area contributed by atoms with Gasteiger partial charge in [0.1, 0.15) is 5.75 Å². The molecule has 0 aliphatic carbocycles. The second-order valence-corrected chi connectivity index (χ2v) is 5.39. The molecule has 1 fully saturated rings. The van der Waals surface area contributed by atoms with Gasteiger partial charge in [0.25, 0.3) is 0 Å². The zero-order valence-electron chi connectivity index (χ0n) is 12.6. The summed E-state index contributed by atoms with van der Waals surface area (Å²) in [6.45, 7) is 7.98. The highest BCUT2D eigenvalue weighted by Crippen LogP contribution is 2.16. The molecule has 0 bridgehead atoms. The predicted molar refractivity (Wildman–Crippen MR) is 86.8 cm³/mol. The van der Waals surface area contributed by atoms with Gasteiger partial charge in [0.2, 0.25) is 0 Å². The summed E-state index contributed by atoms with van der Waals surface area (Å²) in [4.78, 5) is 2.54. The van der Waals surface area contributed by atoms with E-state index in [9.17, 15) is 0 Å². The molecule has 2 rings (SSSR count). The molecule has 0 spiro atoms. The Bertz CT molecular complexity index is 363. The summed E-state index contributed by atoms with van der Waals surface area (Å²) in [5, 5.41) is 3.50. The number of hydrogen-bond acceptors (Lipinski definition) is 3. The summed E-state index contributed by atoms with van der Waals surface area (Å²) in [6, 6.07) is 8.43. The molecule has 1 N–H and O–H groups in total. The molecule has 1 aromatic carbocycles. The Kier molecular flexibility index (Phi) is 7.97. The Balaban J connectivity index is 0.00000200. The van der Waals surface area contributed by atoms with Crippen LogP contribution in [0.5, 0.6) is 5.75 Å². The lowest BCUT2D eigenvalue weighted by atomic mass is 9.99. The third-order valence-electron chi connectivity index (χ3n) is 3.93. The normalized spacial score (nSPS) is 18.6. The third kappa shape index (κ3) is 5.31. The van der Waals surface area contributed by atoms with E-state index in [1.165, 1.54) is 38.0 Å². The molecular weight excluding hydrogens is 272 g/mol. The minimum absolute atomic E-state index is 0. The number of benzene rings is 1. The maximum absolute atomic E-state index is 5.20. The predicted octanol–water partition coefficient (Wildman–Crippen LogP) is 2.94. The number of rotatable bonds is 6. The van der Waals surface area contributed by atoms with Crippen molar-refractivity contribution < 1.29 is 4.74 Å². The minimum atomic E-state index is 0. The summed E-state index contributed by atoms with van der Waals surface area (Å²) in [5.41, 5.74) is 1.37. The number of halogens is 1. The van der Waals surface area contributed by atoms with Crippen molar-refractivity contribution in [2.45, 2.75) is 26.3 Å². The highest BCUT2D eigenvalue weighted by Gasteiger charge is 2.16. The summed E-state index contributed by atoms with van der Waals surface area (Å²) in [6.07, 6.45) is 2.69. The van der Waals surface area contributed by atoms with Crippen molar-refractivity contribution in [2.75, 3.05) is 33.3 Å². The molecule has 1 saturated heterocycles. The van der Waals surface area contributed by atoms with Crippen LogP contribution in [0.2, 0.25) is 0 Å². The van der Waals surface area contributed by atoms with E-state index in [0.29, 0.717) is 0 Å². The molecule has 1 heterocycles. The van der Waals surface area contributed by atoms with Gasteiger partial charge in [-0.2, -0.15) is 0 Å². The largest absolute Gasteiger partial charge is 0.497 e. The molecule has 1 atom stereocenters. The van der Waals surface area contributed by atoms with Crippen LogP contribution in [0.3, 0.4) is 0 Å². The van der Waals surface area contributed by atoms with Crippen molar-refractivity contribution in [3.8, 4) is 5.75 Å². The van der Waals surface area contributed by atoms with Gasteiger partial charge in [-0.25, -0.2) is 0 Å². The second-order valence-electron chi connectivity index (χ2n) is 5.39. The first-order valence-corrected chi connectivity index (χ1v) is 7.37. The SMILES string of the molecule is CCN(Cc1ccc(OC)cc1)CC1CCCNC1.Cl. The monoisotopic (exact) mass is 298 g/mol. The quantitative estimate of drug-likeness (QED) is 0.874. The van der Waals surface area contributed by atoms with E-state index in [1.807, 2.05) is 12.1 Å². The summed E-state index contributed by atoms with van der Waals surface area (Å²) in [7, 11) is 1.71. The summed E-state index contributed by atoms with van der Waals surface area (Å²) < 4.78 is 5.20. The van der Waals surface area contributed by atoms with E-state index >= 15 is 0 Å². The number of piperidine rings is 1. The van der Waals surface area contributed by atoms with Crippen LogP contribution in [0.4, 0.5) is 0 Å². The second kappa shape index (κ2) is 9.22. The molecule has 1 aliphatic rings. The summed E-state index contributed by atoms with van der Waals surface area (Å²) >= 11 is 0. The number of nitrogens with zero attached hydrogens (tertiary/aromatic N) is 1. The van der Waals surface area contributed by atoms with Crippen LogP contribution in [-0.2, 0) is 6.54 Å². The zero-order valence-corrected chi connectivity index (χ0v) is 13.4. The van der Waals surface area contributed by atoms with Crippen LogP contribution >= 0.6 is 12.4 Å². The smallest absolute Gasteiger partial charge is 0.118 e. The standard InChI is InChI=1S/C16H26N2O.ClH/c1-3-18(13-15-5-4-10-17-11-15)12-14-6-8-16(19-2)9-7-14;/h6-9,15,17H,3-5,10-13H2,1-2H3;1H. The maximum atomic E-state index is 5.20. The van der Waals surface area contributed by atoms with Gasteiger partial charge in [0, 0.05) is 13.1 Å². The molecule has 20 heavy (non-hydrogen) atoms. The first kappa shape index (κ1) is 17.3. The van der Waals surface area contributed by atoms with E-state index in [4.69, 9.17) is 4.74 Å². The van der Waals surface area contributed by atoms with Crippen LogP contribution < -0.4 is 10.1 Å². The van der Waals surface area contributed by atoms with E-state index in [-0.39, 0.29) is 12.4 Å². The van der Waals surface area contributed by atoms with Gasteiger partial charge >= 0.3 is 0 Å². The number of methoxy groups -OCH3 is 1. The van der Waals surface area contributed by atoms with Crippen LogP contribution in [0.15, 0.2) is 24.3 Å². The molecule has 1 aromatic rings. The minimum Gasteiger partial charge on any atom is -0.497 e. The Morgan fingerprint density at radius 2 is 2.05 bits per heavy atom. The third-order valence-corrected chi connectivity index (χ3v) is 3.93. The van der Waals surface area contributed by atoms with Gasteiger partial charge in [-0.1, -0.05) is 19.1 Å². The van der Waals surface area contributed by atoms with E-state index < -0.39 is 0 Å². The van der Waals surface area contributed by atoms with Crippen molar-refractivity contribution >= 4 is 12.4 Å². The molecule has 4 heteroatoms. The Hall–Kier alpha value is -0.770. The molecule has 0 aromatic heterocycles. The van der Waals surface area contributed by atoms with Gasteiger partial charge in [-0.3, -0.25) is 4.90 Å². The molecule has 114 valence electrons. The van der Waals surface area contributed by atoms with Gasteiger partial charge in [-0.15, -0.1) is 12.4 Å². The molecule has 1 aliphatic heterocycles. The number of hydrogen-bond donors (Lipinski definition) is 1. The fraction of sp³-hybridized carbons (Fsp3) is 0.625. The maximum Gasteiger partial charge on any atom is 0.118 e. The molecular formula is C16H27ClN2O. The Morgan fingerprint density at radius 1 is 1.30 bits per heavy atom. The van der Waals surface area contributed by atoms with Gasteiger partial charge in [0.15, 0.2) is 0 Å². The number of nitrogens with one attached hydrogen (secondary N) is 1. The van der Waals surface area contributed by atoms with Crippen molar-refractivity contribution in [3.05, 3.63) is 29.8 Å². The Labute approximate surface area is 129 Å². The lowest BCUT2D eigenvalue weighted by Crippen LogP contribution is -2.38. The average Bonchev–Trinajstić information content (AvgIpc) is 2.48. The van der Waals surface area contributed by atoms with Crippen LogP contribution in [0.1, 0.15) is 25.3 Å². The van der Waals surface area contributed by atoms with Crippen LogP contribution in [0.25, 0.3) is 0 Å². The van der Waals surface area contributed by atoms with Crippen LogP contribution in [-0.4, -0.2) is 38.2 Å². The summed E-state index contributed by atoms with van der Waals surface area (Å²) in [5.74, 6) is 1.75. The van der Waals surface area contributed by atoms with Crippen molar-refractivity contribution in [2.24, 2.45) is 5.92 Å². The van der Waals surface area contributed by atoms with Gasteiger partial charge in [0.05, 0.1) is 7.11 Å². The lowest BCUT2D eigenvalue weighted by Gasteiger charge is -2.29. The highest BCUT2D eigenvalue weighted by atomic mass is 35.5. The fourth-order valence-corrected chi connectivity index (χ4v) is 2.74. The molecule has 1 unspecified atom stereocenters. The van der Waals surface area contributed by atoms with Crippen molar-refractivity contribution in [3.63, 3.8) is 0 Å².